The minimum Gasteiger partial charge on any atom is -0.339 e. The Morgan fingerprint density at radius 1 is 1.10 bits per heavy atom. The number of amides is 1. The number of piperidine rings is 1. The van der Waals surface area contributed by atoms with Crippen LogP contribution in [-0.2, 0) is 4.79 Å². The van der Waals surface area contributed by atoms with Gasteiger partial charge >= 0.3 is 0 Å². The second kappa shape index (κ2) is 7.76. The van der Waals surface area contributed by atoms with Crippen molar-refractivity contribution in [3.63, 3.8) is 0 Å². The molecule has 6 aliphatic rings. The molecule has 0 radical (unpaired) electrons. The number of rotatable bonds is 3. The number of fused-ring (bicyclic) bond motifs is 3. The quantitative estimate of drug-likeness (QED) is 0.594. The van der Waals surface area contributed by atoms with E-state index < -0.39 is 0 Å². The molecule has 3 fully saturated rings. The molecule has 0 aromatic rings. The predicted octanol–water partition coefficient (Wildman–Crippen LogP) is 5.13. The first-order valence-corrected chi connectivity index (χ1v) is 12.9. The van der Waals surface area contributed by atoms with Gasteiger partial charge in [-0.1, -0.05) is 42.9 Å². The fourth-order valence-electron chi connectivity index (χ4n) is 7.79. The number of hydrogen-bond donors (Lipinski definition) is 0. The SMILES string of the molecule is C[C@H]1CC=CC2=C1C1(CC=C2C(=O)N2CCCC2)CCN(CC2CC3C=CC2C3)CC1. The third kappa shape index (κ3) is 3.39. The van der Waals surface area contributed by atoms with E-state index in [2.05, 4.69) is 47.1 Å². The van der Waals surface area contributed by atoms with Crippen molar-refractivity contribution in [2.24, 2.45) is 29.1 Å². The summed E-state index contributed by atoms with van der Waals surface area (Å²) >= 11 is 0. The average molecular weight is 419 g/mol. The molecule has 3 unspecified atom stereocenters. The van der Waals surface area contributed by atoms with Crippen molar-refractivity contribution in [1.82, 2.24) is 9.80 Å². The molecule has 1 spiro atoms. The molecule has 2 aliphatic heterocycles. The lowest BCUT2D eigenvalue weighted by molar-refractivity contribution is -0.125. The molecule has 1 saturated carbocycles. The zero-order chi connectivity index (χ0) is 21.0. The monoisotopic (exact) mass is 418 g/mol. The third-order valence-electron chi connectivity index (χ3n) is 9.46. The zero-order valence-electron chi connectivity index (χ0n) is 19.2. The zero-order valence-corrected chi connectivity index (χ0v) is 19.2. The molecule has 0 aromatic heterocycles. The van der Waals surface area contributed by atoms with Crippen molar-refractivity contribution in [3.8, 4) is 0 Å². The Hall–Kier alpha value is -1.61. The van der Waals surface area contributed by atoms with Crippen LogP contribution in [-0.4, -0.2) is 48.4 Å². The van der Waals surface area contributed by atoms with Gasteiger partial charge in [0.05, 0.1) is 0 Å². The molecular formula is C28H38N2O. The van der Waals surface area contributed by atoms with Crippen molar-refractivity contribution in [2.75, 3.05) is 32.7 Å². The minimum atomic E-state index is 0.291. The van der Waals surface area contributed by atoms with Crippen LogP contribution in [0.15, 0.2) is 47.1 Å². The van der Waals surface area contributed by atoms with E-state index in [0.717, 1.165) is 62.1 Å². The van der Waals surface area contributed by atoms with Crippen LogP contribution in [0.2, 0.25) is 0 Å². The smallest absolute Gasteiger partial charge is 0.254 e. The van der Waals surface area contributed by atoms with E-state index >= 15 is 0 Å². The molecule has 2 bridgehead atoms. The molecule has 0 aromatic carbocycles. The summed E-state index contributed by atoms with van der Waals surface area (Å²) in [4.78, 5) is 18.2. The predicted molar refractivity (Wildman–Crippen MR) is 125 cm³/mol. The average Bonchev–Trinajstić information content (AvgIpc) is 3.54. The molecule has 166 valence electrons. The Balaban J connectivity index is 1.20. The van der Waals surface area contributed by atoms with E-state index in [9.17, 15) is 4.79 Å². The van der Waals surface area contributed by atoms with Crippen LogP contribution in [0.5, 0.6) is 0 Å². The fraction of sp³-hybridized carbons (Fsp3) is 0.679. The second-order valence-electron chi connectivity index (χ2n) is 11.3. The number of likely N-dealkylation sites (tertiary alicyclic amines) is 2. The summed E-state index contributed by atoms with van der Waals surface area (Å²) < 4.78 is 0. The summed E-state index contributed by atoms with van der Waals surface area (Å²) in [5, 5.41) is 0. The van der Waals surface area contributed by atoms with Crippen LogP contribution >= 0.6 is 0 Å². The van der Waals surface area contributed by atoms with Crippen molar-refractivity contribution in [2.45, 2.75) is 58.3 Å². The van der Waals surface area contributed by atoms with Gasteiger partial charge in [-0.3, -0.25) is 4.79 Å². The summed E-state index contributed by atoms with van der Waals surface area (Å²) in [5.74, 6) is 3.49. The van der Waals surface area contributed by atoms with Gasteiger partial charge in [0.15, 0.2) is 0 Å². The van der Waals surface area contributed by atoms with E-state index in [1.54, 1.807) is 5.57 Å². The Labute approximate surface area is 187 Å². The van der Waals surface area contributed by atoms with E-state index in [0.29, 0.717) is 17.2 Å². The maximum atomic E-state index is 13.3. The summed E-state index contributed by atoms with van der Waals surface area (Å²) in [6, 6.07) is 0. The number of allylic oxidation sites excluding steroid dienone is 6. The number of nitrogens with zero attached hydrogens (tertiary/aromatic N) is 2. The van der Waals surface area contributed by atoms with Gasteiger partial charge < -0.3 is 9.80 Å². The number of carbonyl (C=O) groups is 1. The molecule has 6 rings (SSSR count). The Kier molecular flexibility index (Phi) is 5.01. The summed E-state index contributed by atoms with van der Waals surface area (Å²) in [5.41, 5.74) is 4.23. The highest BCUT2D eigenvalue weighted by atomic mass is 16.2. The fourth-order valence-corrected chi connectivity index (χ4v) is 7.79. The first-order valence-electron chi connectivity index (χ1n) is 12.9. The van der Waals surface area contributed by atoms with Crippen molar-refractivity contribution in [1.29, 1.82) is 0 Å². The van der Waals surface area contributed by atoms with Gasteiger partial charge in [-0.15, -0.1) is 0 Å². The maximum absolute atomic E-state index is 13.3. The highest BCUT2D eigenvalue weighted by molar-refractivity contribution is 5.99. The second-order valence-corrected chi connectivity index (χ2v) is 11.3. The van der Waals surface area contributed by atoms with Gasteiger partial charge in [-0.2, -0.15) is 0 Å². The number of carbonyl (C=O) groups excluding carboxylic acids is 1. The molecule has 3 nitrogen and oxygen atoms in total. The standard InChI is InChI=1S/C28H38N2O/c1-20-5-4-6-24-25(27(31)30-13-2-3-14-30)9-10-28(26(20)24)11-15-29(16-12-28)19-23-18-21-7-8-22(23)17-21/h4,6-9,20-23H,2-3,5,10-19H2,1H3/t20-,21?,22?,23?/m0/s1. The molecular weight excluding hydrogens is 380 g/mol. The first kappa shape index (κ1) is 20.0. The summed E-state index contributed by atoms with van der Waals surface area (Å²) in [6.45, 7) is 8.05. The molecule has 2 heterocycles. The maximum Gasteiger partial charge on any atom is 0.254 e. The lowest BCUT2D eigenvalue weighted by Gasteiger charge is -2.49. The van der Waals surface area contributed by atoms with Crippen LogP contribution in [0, 0.1) is 29.1 Å². The molecule has 4 atom stereocenters. The summed E-state index contributed by atoms with van der Waals surface area (Å²) in [6.07, 6.45) is 21.8. The normalized spacial score (nSPS) is 36.4. The van der Waals surface area contributed by atoms with Crippen LogP contribution < -0.4 is 0 Å². The van der Waals surface area contributed by atoms with Crippen molar-refractivity contribution < 1.29 is 4.79 Å². The lowest BCUT2D eigenvalue weighted by atomic mass is 9.60. The van der Waals surface area contributed by atoms with Crippen LogP contribution in [0.3, 0.4) is 0 Å². The van der Waals surface area contributed by atoms with Gasteiger partial charge in [-0.05, 0) is 99.1 Å². The Morgan fingerprint density at radius 2 is 1.90 bits per heavy atom. The van der Waals surface area contributed by atoms with Crippen LogP contribution in [0.4, 0.5) is 0 Å². The van der Waals surface area contributed by atoms with E-state index in [1.807, 2.05) is 0 Å². The highest BCUT2D eigenvalue weighted by Gasteiger charge is 2.45. The van der Waals surface area contributed by atoms with Crippen molar-refractivity contribution in [3.05, 3.63) is 47.1 Å². The molecule has 31 heavy (non-hydrogen) atoms. The third-order valence-corrected chi connectivity index (χ3v) is 9.46. The Bertz CT molecular complexity index is 863. The van der Waals surface area contributed by atoms with Gasteiger partial charge in [0.2, 0.25) is 0 Å². The van der Waals surface area contributed by atoms with E-state index in [-0.39, 0.29) is 0 Å². The molecule has 4 aliphatic carbocycles. The van der Waals surface area contributed by atoms with Gasteiger partial charge in [0.25, 0.3) is 5.91 Å². The topological polar surface area (TPSA) is 23.6 Å². The lowest BCUT2D eigenvalue weighted by Crippen LogP contribution is -2.46. The van der Waals surface area contributed by atoms with E-state index in [4.69, 9.17) is 0 Å². The molecule has 3 heteroatoms. The first-order chi connectivity index (χ1) is 15.1. The van der Waals surface area contributed by atoms with Crippen molar-refractivity contribution >= 4 is 5.91 Å². The largest absolute Gasteiger partial charge is 0.339 e. The van der Waals surface area contributed by atoms with Crippen LogP contribution in [0.25, 0.3) is 0 Å². The van der Waals surface area contributed by atoms with Gasteiger partial charge in [0, 0.05) is 25.2 Å². The number of hydrogen-bond acceptors (Lipinski definition) is 2. The molecule has 0 N–H and O–H groups in total. The summed E-state index contributed by atoms with van der Waals surface area (Å²) in [7, 11) is 0. The Morgan fingerprint density at radius 3 is 2.61 bits per heavy atom. The van der Waals surface area contributed by atoms with Gasteiger partial charge in [-0.25, -0.2) is 0 Å². The molecule has 2 saturated heterocycles. The minimum absolute atomic E-state index is 0.291. The van der Waals surface area contributed by atoms with Crippen LogP contribution in [0.1, 0.15) is 58.3 Å². The molecule has 1 amide bonds. The highest BCUT2D eigenvalue weighted by Crippen LogP contribution is 2.53. The van der Waals surface area contributed by atoms with Gasteiger partial charge in [0.1, 0.15) is 0 Å². The van der Waals surface area contributed by atoms with E-state index in [1.165, 1.54) is 50.9 Å².